The molecule has 0 aliphatic carbocycles. The van der Waals surface area contributed by atoms with Crippen molar-refractivity contribution < 1.29 is 136 Å². The van der Waals surface area contributed by atoms with E-state index in [0.717, 1.165) is 5.69 Å². The molecule has 0 radical (unpaired) electrons. The van der Waals surface area contributed by atoms with Crippen LogP contribution in [0.3, 0.4) is 0 Å². The summed E-state index contributed by atoms with van der Waals surface area (Å²) in [6.07, 6.45) is 11.1. The van der Waals surface area contributed by atoms with Gasteiger partial charge in [0.2, 0.25) is 5.75 Å². The molecule has 0 unspecified atom stereocenters. The third kappa shape index (κ3) is 80.9. The summed E-state index contributed by atoms with van der Waals surface area (Å²) in [7, 11) is 5.41. The molecular formula is C77H115Cl5N15Na2O17P. The molecule has 117 heavy (non-hydrogen) atoms. The number of benzene rings is 1. The number of halogens is 5. The molecule has 0 bridgehead atoms. The van der Waals surface area contributed by atoms with Gasteiger partial charge in [0, 0.05) is 57.2 Å². The summed E-state index contributed by atoms with van der Waals surface area (Å²) in [6, 6.07) is 32.8. The molecule has 32 nitrogen and oxygen atoms in total. The van der Waals surface area contributed by atoms with Gasteiger partial charge in [0.1, 0.15) is 41.8 Å². The summed E-state index contributed by atoms with van der Waals surface area (Å²) < 4.78 is 44.1. The topological polar surface area (TPSA) is 477 Å². The van der Waals surface area contributed by atoms with E-state index in [1.807, 2.05) is 144 Å². The van der Waals surface area contributed by atoms with E-state index in [1.165, 1.54) is 19.0 Å². The van der Waals surface area contributed by atoms with Gasteiger partial charge in [-0.05, 0) is 197 Å². The van der Waals surface area contributed by atoms with Crippen molar-refractivity contribution in [3.05, 3.63) is 168 Å². The molecule has 8 aromatic rings. The quantitative estimate of drug-likeness (QED) is 0.00523. The molecule has 0 atom stereocenters. The van der Waals surface area contributed by atoms with Crippen LogP contribution < -0.4 is 111 Å². The first-order valence-corrected chi connectivity index (χ1v) is 40.7. The molecule has 0 amide bonds. The fraction of sp³-hybridized carbons (Fsp3) is 0.442. The minimum atomic E-state index is -3.22. The molecule has 7 aromatic heterocycles. The molecule has 40 heteroatoms. The Balaban J connectivity index is -0.000000233. The van der Waals surface area contributed by atoms with Crippen LogP contribution in [0, 0.1) is 5.41 Å². The van der Waals surface area contributed by atoms with E-state index in [0.29, 0.717) is 76.1 Å². The number of para-hydroxylation sites is 1. The number of carboxylic acid groups (broad SMARTS) is 2. The zero-order valence-corrected chi connectivity index (χ0v) is 79.7. The van der Waals surface area contributed by atoms with Crippen LogP contribution in [0.1, 0.15) is 130 Å². The third-order valence-electron chi connectivity index (χ3n) is 10.3. The van der Waals surface area contributed by atoms with Gasteiger partial charge in [-0.3, -0.25) is 39.5 Å². The van der Waals surface area contributed by atoms with E-state index in [-0.39, 0.29) is 139 Å². The van der Waals surface area contributed by atoms with Crippen molar-refractivity contribution in [2.24, 2.45) is 11.5 Å². The number of alkyl halides is 1. The smallest absolute Gasteiger partial charge is 0.852 e. The van der Waals surface area contributed by atoms with Crippen LogP contribution in [0.2, 0.25) is 5.15 Å². The van der Waals surface area contributed by atoms with Crippen LogP contribution in [0.15, 0.2) is 151 Å². The van der Waals surface area contributed by atoms with Crippen LogP contribution in [0.25, 0.3) is 34.6 Å². The van der Waals surface area contributed by atoms with Crippen molar-refractivity contribution in [3.8, 4) is 51.8 Å². The minimum Gasteiger partial charge on any atom is -0.852 e. The monoisotopic (exact) mass is 1770 g/mol. The number of nitrogens with one attached hydrogen (secondary N) is 3. The summed E-state index contributed by atoms with van der Waals surface area (Å²) >= 11 is 24.5. The first kappa shape index (κ1) is 123. The van der Waals surface area contributed by atoms with Crippen LogP contribution in [0.5, 0.6) is 17.2 Å². The SMILES string of the molecule is CC(C)N.CC(C)Nc1nc(-c2ccccn2)ncc1OC(C)C.CC(C)OCC(=O)O.CC(C)Oc1cnc(-c2ccccn2)[nH]c1=O.CC(C)Oc1cnc(-c2ccccn2)nc1Cl.CC(C)[O-].CCO.CCOC=O.CN(C)c1ccccc1.COC(=O)COC(C)C.N=C(N)c1ccccn1.O=C([O-])CCl.O=P(Cl)(Cl)Cl.[Na+].[Na+]. The Morgan fingerprint density at radius 3 is 1.30 bits per heavy atom. The second-order valence-corrected chi connectivity index (χ2v) is 31.5. The molecule has 8 rings (SSSR count). The number of pyridine rings is 4. The summed E-state index contributed by atoms with van der Waals surface area (Å²) in [5.41, 5.74) is 13.8. The number of ether oxygens (including phenoxy) is 7. The number of H-pyrrole nitrogens is 1. The number of hydrogen-bond donors (Lipinski definition) is 7. The molecule has 0 saturated heterocycles. The van der Waals surface area contributed by atoms with Crippen molar-refractivity contribution >= 4 is 104 Å². The van der Waals surface area contributed by atoms with Crippen molar-refractivity contribution in [1.29, 1.82) is 5.41 Å². The third-order valence-corrected chi connectivity index (χ3v) is 10.8. The van der Waals surface area contributed by atoms with Crippen molar-refractivity contribution in [3.63, 3.8) is 0 Å². The number of anilines is 2. The second kappa shape index (κ2) is 77.3. The number of carbonyl (C=O) groups is 4. The number of amidine groups is 1. The van der Waals surface area contributed by atoms with E-state index in [4.69, 9.17) is 72.3 Å². The molecule has 1 aromatic carbocycles. The fourth-order valence-electron chi connectivity index (χ4n) is 6.21. The Bertz CT molecular complexity index is 3870. The number of nitrogens with two attached hydrogens (primary N) is 2. The number of methoxy groups -OCH3 is 1. The van der Waals surface area contributed by atoms with Gasteiger partial charge in [-0.25, -0.2) is 34.5 Å². The van der Waals surface area contributed by atoms with Gasteiger partial charge < -0.3 is 85.0 Å². The van der Waals surface area contributed by atoms with Crippen molar-refractivity contribution in [2.75, 3.05) is 63.7 Å². The van der Waals surface area contributed by atoms with E-state index >= 15 is 0 Å². The van der Waals surface area contributed by atoms with E-state index in [1.54, 1.807) is 109 Å². The number of aromatic amines is 1. The maximum absolute atomic E-state index is 11.7. The molecule has 0 fully saturated rings. The first-order valence-electron chi connectivity index (χ1n) is 35.4. The van der Waals surface area contributed by atoms with Crippen LogP contribution in [0.4, 0.5) is 11.5 Å². The Labute approximate surface area is 757 Å². The van der Waals surface area contributed by atoms with Gasteiger partial charge in [-0.2, -0.15) is 0 Å². The van der Waals surface area contributed by atoms with Crippen LogP contribution >= 0.6 is 62.1 Å². The number of rotatable bonds is 22. The number of aliphatic hydroxyl groups excluding tert-OH is 1. The van der Waals surface area contributed by atoms with Crippen molar-refractivity contribution in [1.82, 2.24) is 49.8 Å². The average molecular weight is 1780 g/mol. The van der Waals surface area contributed by atoms with Gasteiger partial charge in [0.05, 0.1) is 74.7 Å². The number of aromatic nitrogens is 10. The van der Waals surface area contributed by atoms with Gasteiger partial charge >= 0.3 is 76.3 Å². The standard InChI is InChI=1S/C15H20N4O.C12H12ClN3O.C12H13N3O2.C8H11N.C6H7N3.C6H12O3.C5H10O3.C3H9N.C3H6O2.C3H7O.C2H3ClO2.C2H6O.Cl3OP.2Na/c1-10(2)18-15-13(20-11(3)4)9-17-14(19-15)12-7-5-6-8-16-12;1-8(2)17-10-7-15-12(16-11(10)13)9-5-3-4-6-14-9;1-8(2)17-10-7-14-11(15-12(10)16)9-5-3-4-6-13-9;1-9(2)8-6-4-3-5-7-8;7-6(8)5-3-1-2-4-9-5;1-5(2)9-4-6(7)8-3;1-4(2)8-3-5(6)7;1-3(2)4;1-2-5-3-4;1-3(2)4;3-1-2(4)5;1-2-3;1-5(2,3)4;;/h5-11H,1-4H3,(H,17,18,19);3-8H,1-2H3;3-8H,1-2H3,(H,14,15,16);3-7H,1-2H3;1-4H,(H3,7,8);5H,4H2,1-3H3;4H,3H2,1-2H3,(H,6,7);3H,4H2,1-2H3;3H,2H2,1H3;3H,1-2H3;1H2,(H,4,5);3H,2H2,1H3;;;/q;;;;;;;;;-1;;;;2*+1/p-1. The number of esters is 1. The maximum atomic E-state index is 11.7. The normalized spacial score (nSPS) is 9.62. The number of hydrogen-bond acceptors (Lipinski definition) is 29. The average Bonchev–Trinajstić information content (AvgIpc) is 0.843. The zero-order chi connectivity index (χ0) is 89.0. The molecule has 0 aliphatic rings. The molecular weight excluding hydrogens is 1660 g/mol. The Hall–Kier alpha value is -7.31. The molecule has 0 aliphatic heterocycles. The van der Waals surface area contributed by atoms with E-state index in [2.05, 4.69) is 141 Å². The number of carbonyl (C=O) groups excluding carboxylic acids is 3. The summed E-state index contributed by atoms with van der Waals surface area (Å²) in [4.78, 5) is 92.6. The molecule has 0 spiro atoms. The first-order chi connectivity index (χ1) is 53.8. The fourth-order valence-corrected chi connectivity index (χ4v) is 6.38. The number of aliphatic carboxylic acids is 2. The summed E-state index contributed by atoms with van der Waals surface area (Å²) in [5, 5.41) is 41.6. The Kier molecular flexibility index (Phi) is 81.2. The number of aliphatic hydroxyl groups is 1. The summed E-state index contributed by atoms with van der Waals surface area (Å²) in [6.45, 7) is 34.5. The van der Waals surface area contributed by atoms with E-state index < -0.39 is 29.1 Å². The van der Waals surface area contributed by atoms with Crippen LogP contribution in [-0.4, -0.2) is 192 Å². The number of nitrogen functional groups attached to an aromatic ring is 1. The number of nitrogens with zero attached hydrogens (tertiary/aromatic N) is 10. The van der Waals surface area contributed by atoms with Crippen LogP contribution in [-0.2, 0) is 42.7 Å². The second-order valence-electron chi connectivity index (χ2n) is 24.2. The predicted molar refractivity (Wildman–Crippen MR) is 453 cm³/mol. The minimum absolute atomic E-state index is 0. The maximum Gasteiger partial charge on any atom is 1.00 e. The van der Waals surface area contributed by atoms with Gasteiger partial charge in [0.15, 0.2) is 39.9 Å². The number of carboxylic acids is 2. The molecule has 642 valence electrons. The van der Waals surface area contributed by atoms with E-state index in [9.17, 15) is 28.8 Å². The van der Waals surface area contributed by atoms with Gasteiger partial charge in [-0.1, -0.05) is 81.8 Å². The van der Waals surface area contributed by atoms with Crippen molar-refractivity contribution in [2.45, 2.75) is 173 Å². The Morgan fingerprint density at radius 1 is 0.632 bits per heavy atom. The summed E-state index contributed by atoms with van der Waals surface area (Å²) in [5.74, 6) is 0.701. The molecule has 0 saturated carbocycles. The predicted octanol–water partition coefficient (Wildman–Crippen LogP) is 7.02. The van der Waals surface area contributed by atoms with Gasteiger partial charge in [0.25, 0.3) is 12.0 Å². The van der Waals surface area contributed by atoms with Gasteiger partial charge in [-0.15, -0.1) is 17.7 Å². The molecule has 9 N–H and O–H groups in total. The Morgan fingerprint density at radius 2 is 1.01 bits per heavy atom. The molecule has 7 heterocycles. The largest absolute Gasteiger partial charge is 1.00 e. The zero-order valence-electron chi connectivity index (χ0n) is 71.1.